The van der Waals surface area contributed by atoms with E-state index in [2.05, 4.69) is 16.4 Å². The van der Waals surface area contributed by atoms with Crippen LogP contribution in [0.4, 0.5) is 0 Å². The maximum Gasteiger partial charge on any atom is 0.123 e. The summed E-state index contributed by atoms with van der Waals surface area (Å²) in [6.45, 7) is 0.841. The Labute approximate surface area is 120 Å². The molecular weight excluding hydrogens is 252 g/mol. The minimum absolute atomic E-state index is 0.278. The van der Waals surface area contributed by atoms with Crippen molar-refractivity contribution in [3.8, 4) is 5.75 Å². The van der Waals surface area contributed by atoms with Crippen molar-refractivity contribution in [1.29, 1.82) is 0 Å². The van der Waals surface area contributed by atoms with Gasteiger partial charge in [-0.15, -0.1) is 0 Å². The average molecular weight is 276 g/mol. The van der Waals surface area contributed by atoms with Crippen molar-refractivity contribution < 1.29 is 9.47 Å². The summed E-state index contributed by atoms with van der Waals surface area (Å²) in [6, 6.07) is 4.73. The Morgan fingerprint density at radius 1 is 1.25 bits per heavy atom. The van der Waals surface area contributed by atoms with Gasteiger partial charge in [0.15, 0.2) is 0 Å². The quantitative estimate of drug-likeness (QED) is 0.867. The van der Waals surface area contributed by atoms with E-state index in [9.17, 15) is 0 Å². The van der Waals surface area contributed by atoms with E-state index in [4.69, 9.17) is 9.47 Å². The molecule has 0 radical (unpaired) electrons. The fourth-order valence-electron chi connectivity index (χ4n) is 2.78. The van der Waals surface area contributed by atoms with E-state index in [0.717, 1.165) is 37.3 Å². The van der Waals surface area contributed by atoms with Crippen LogP contribution in [0.1, 0.15) is 44.2 Å². The molecule has 2 fully saturated rings. The van der Waals surface area contributed by atoms with Gasteiger partial charge in [-0.1, -0.05) is 0 Å². The van der Waals surface area contributed by atoms with E-state index < -0.39 is 0 Å². The minimum Gasteiger partial charge on any atom is -0.490 e. The molecule has 2 aliphatic carbocycles. The van der Waals surface area contributed by atoms with Crippen LogP contribution in [0.25, 0.3) is 0 Å². The van der Waals surface area contributed by atoms with Crippen LogP contribution >= 0.6 is 0 Å². The molecule has 2 unspecified atom stereocenters. The standard InChI is InChI=1S/C16H24N2O2/c1-19-14-3-2-4-15(10-14)20-16-7-8-17-13(9-16)11-18-12-5-6-12/h7-9,12,14-15,18H,2-6,10-11H2,1H3. The molecule has 4 heteroatoms. The van der Waals surface area contributed by atoms with Crippen molar-refractivity contribution in [2.45, 2.75) is 63.3 Å². The largest absolute Gasteiger partial charge is 0.490 e. The molecule has 2 atom stereocenters. The number of rotatable bonds is 6. The van der Waals surface area contributed by atoms with Gasteiger partial charge in [0.05, 0.1) is 11.8 Å². The fourth-order valence-corrected chi connectivity index (χ4v) is 2.78. The van der Waals surface area contributed by atoms with Crippen molar-refractivity contribution >= 4 is 0 Å². The maximum absolute atomic E-state index is 6.10. The molecule has 1 aromatic heterocycles. The summed E-state index contributed by atoms with van der Waals surface area (Å²) < 4.78 is 11.6. The smallest absolute Gasteiger partial charge is 0.123 e. The molecule has 0 aliphatic heterocycles. The Kier molecular flexibility index (Phi) is 4.53. The highest BCUT2D eigenvalue weighted by Gasteiger charge is 2.23. The first-order valence-electron chi connectivity index (χ1n) is 7.71. The summed E-state index contributed by atoms with van der Waals surface area (Å²) in [7, 11) is 1.79. The highest BCUT2D eigenvalue weighted by molar-refractivity contribution is 5.23. The Morgan fingerprint density at radius 3 is 2.90 bits per heavy atom. The van der Waals surface area contributed by atoms with E-state index in [1.807, 2.05) is 12.3 Å². The zero-order valence-corrected chi connectivity index (χ0v) is 12.2. The lowest BCUT2D eigenvalue weighted by atomic mass is 9.95. The molecule has 4 nitrogen and oxygen atoms in total. The van der Waals surface area contributed by atoms with Crippen molar-refractivity contribution in [2.75, 3.05) is 7.11 Å². The second-order valence-corrected chi connectivity index (χ2v) is 5.90. The fraction of sp³-hybridized carbons (Fsp3) is 0.688. The Morgan fingerprint density at radius 2 is 2.10 bits per heavy atom. The first-order chi connectivity index (χ1) is 9.83. The van der Waals surface area contributed by atoms with Crippen LogP contribution in [0, 0.1) is 0 Å². The van der Waals surface area contributed by atoms with Crippen LogP contribution in [-0.2, 0) is 11.3 Å². The van der Waals surface area contributed by atoms with E-state index in [1.54, 1.807) is 7.11 Å². The Bertz CT molecular complexity index is 434. The lowest BCUT2D eigenvalue weighted by Crippen LogP contribution is -2.29. The molecule has 0 bridgehead atoms. The molecule has 2 aliphatic rings. The van der Waals surface area contributed by atoms with E-state index in [-0.39, 0.29) is 6.10 Å². The number of nitrogens with zero attached hydrogens (tertiary/aromatic N) is 1. The molecule has 110 valence electrons. The zero-order valence-electron chi connectivity index (χ0n) is 12.2. The normalized spacial score (nSPS) is 26.4. The monoisotopic (exact) mass is 276 g/mol. The van der Waals surface area contributed by atoms with E-state index in [0.29, 0.717) is 12.1 Å². The van der Waals surface area contributed by atoms with Gasteiger partial charge in [0.1, 0.15) is 11.9 Å². The van der Waals surface area contributed by atoms with E-state index in [1.165, 1.54) is 19.3 Å². The van der Waals surface area contributed by atoms with E-state index >= 15 is 0 Å². The second kappa shape index (κ2) is 6.55. The SMILES string of the molecule is COC1CCCC(Oc2ccnc(CNC3CC3)c2)C1. The van der Waals surface area contributed by atoms with Crippen LogP contribution < -0.4 is 10.1 Å². The first-order valence-corrected chi connectivity index (χ1v) is 7.71. The maximum atomic E-state index is 6.10. The Hall–Kier alpha value is -1.13. The third-order valence-electron chi connectivity index (χ3n) is 4.15. The number of methoxy groups -OCH3 is 1. The third-order valence-corrected chi connectivity index (χ3v) is 4.15. The van der Waals surface area contributed by atoms with Crippen LogP contribution in [0.2, 0.25) is 0 Å². The molecular formula is C16H24N2O2. The molecule has 0 saturated heterocycles. The third kappa shape index (κ3) is 3.93. The predicted octanol–water partition coefficient (Wildman–Crippen LogP) is 2.67. The number of aromatic nitrogens is 1. The average Bonchev–Trinajstić information content (AvgIpc) is 3.30. The lowest BCUT2D eigenvalue weighted by molar-refractivity contribution is 0.0209. The van der Waals surface area contributed by atoms with Crippen LogP contribution in [0.5, 0.6) is 5.75 Å². The molecule has 0 amide bonds. The predicted molar refractivity (Wildman–Crippen MR) is 77.8 cm³/mol. The summed E-state index contributed by atoms with van der Waals surface area (Å²) in [6.07, 6.45) is 9.54. The first kappa shape index (κ1) is 13.8. The summed E-state index contributed by atoms with van der Waals surface area (Å²) >= 11 is 0. The minimum atomic E-state index is 0.278. The summed E-state index contributed by atoms with van der Waals surface area (Å²) in [5.41, 5.74) is 1.06. The molecule has 20 heavy (non-hydrogen) atoms. The summed E-state index contributed by atoms with van der Waals surface area (Å²) in [4.78, 5) is 4.40. The lowest BCUT2D eigenvalue weighted by Gasteiger charge is -2.28. The number of hydrogen-bond donors (Lipinski definition) is 1. The number of ether oxygens (including phenoxy) is 2. The van der Waals surface area contributed by atoms with Gasteiger partial charge in [-0.2, -0.15) is 0 Å². The molecule has 0 spiro atoms. The zero-order chi connectivity index (χ0) is 13.8. The van der Waals surface area contributed by atoms with Crippen LogP contribution in [0.15, 0.2) is 18.3 Å². The summed E-state index contributed by atoms with van der Waals surface area (Å²) in [5.74, 6) is 0.939. The van der Waals surface area contributed by atoms with Crippen LogP contribution in [-0.4, -0.2) is 30.3 Å². The van der Waals surface area contributed by atoms with Crippen molar-refractivity contribution in [3.63, 3.8) is 0 Å². The molecule has 0 aromatic carbocycles. The topological polar surface area (TPSA) is 43.4 Å². The van der Waals surface area contributed by atoms with Crippen molar-refractivity contribution in [1.82, 2.24) is 10.3 Å². The molecule has 2 saturated carbocycles. The van der Waals surface area contributed by atoms with Gasteiger partial charge in [0.2, 0.25) is 0 Å². The van der Waals surface area contributed by atoms with Crippen molar-refractivity contribution in [3.05, 3.63) is 24.0 Å². The number of nitrogens with one attached hydrogen (secondary N) is 1. The number of pyridine rings is 1. The van der Waals surface area contributed by atoms with Gasteiger partial charge >= 0.3 is 0 Å². The highest BCUT2D eigenvalue weighted by atomic mass is 16.5. The molecule has 1 aromatic rings. The molecule has 1 N–H and O–H groups in total. The van der Waals surface area contributed by atoms with Crippen LogP contribution in [0.3, 0.4) is 0 Å². The van der Waals surface area contributed by atoms with Gasteiger partial charge in [-0.25, -0.2) is 0 Å². The van der Waals surface area contributed by atoms with Gasteiger partial charge in [-0.3, -0.25) is 4.98 Å². The number of hydrogen-bond acceptors (Lipinski definition) is 4. The van der Waals surface area contributed by atoms with Gasteiger partial charge in [0, 0.05) is 38.4 Å². The molecule has 1 heterocycles. The van der Waals surface area contributed by atoms with Gasteiger partial charge in [-0.05, 0) is 38.2 Å². The second-order valence-electron chi connectivity index (χ2n) is 5.90. The van der Waals surface area contributed by atoms with Gasteiger partial charge in [0.25, 0.3) is 0 Å². The molecule has 3 rings (SSSR count). The summed E-state index contributed by atoms with van der Waals surface area (Å²) in [5, 5.41) is 3.48. The Balaban J connectivity index is 1.54. The van der Waals surface area contributed by atoms with Crippen molar-refractivity contribution in [2.24, 2.45) is 0 Å². The van der Waals surface area contributed by atoms with Gasteiger partial charge < -0.3 is 14.8 Å². The highest BCUT2D eigenvalue weighted by Crippen LogP contribution is 2.25.